The molecule has 0 fully saturated rings. The Balaban J connectivity index is 1.57. The van der Waals surface area contributed by atoms with Crippen molar-refractivity contribution in [3.63, 3.8) is 0 Å². The minimum Gasteiger partial charge on any atom is -0.352 e. The van der Waals surface area contributed by atoms with E-state index in [4.69, 9.17) is 0 Å². The summed E-state index contributed by atoms with van der Waals surface area (Å²) in [6, 6.07) is 9.65. The number of benzene rings is 2. The van der Waals surface area contributed by atoms with Crippen molar-refractivity contribution in [3.05, 3.63) is 64.7 Å². The maximum Gasteiger partial charge on any atom is 0.228 e. The van der Waals surface area contributed by atoms with Gasteiger partial charge in [0.1, 0.15) is 11.6 Å². The van der Waals surface area contributed by atoms with Gasteiger partial charge in [-0.15, -0.1) is 0 Å². The number of anilines is 1. The van der Waals surface area contributed by atoms with Crippen LogP contribution in [0.15, 0.2) is 36.4 Å². The maximum absolute atomic E-state index is 14.2. The van der Waals surface area contributed by atoms with Crippen LogP contribution in [0.25, 0.3) is 0 Å². The van der Waals surface area contributed by atoms with Gasteiger partial charge in [-0.2, -0.15) is 0 Å². The van der Waals surface area contributed by atoms with E-state index in [1.54, 1.807) is 0 Å². The summed E-state index contributed by atoms with van der Waals surface area (Å²) in [5.41, 5.74) is 2.45. The van der Waals surface area contributed by atoms with Gasteiger partial charge in [-0.3, -0.25) is 9.59 Å². The molecule has 2 amide bonds. The van der Waals surface area contributed by atoms with Gasteiger partial charge in [-0.1, -0.05) is 24.3 Å². The molecule has 0 spiro atoms. The van der Waals surface area contributed by atoms with Crippen molar-refractivity contribution in [2.75, 3.05) is 5.32 Å². The monoisotopic (exact) mass is 342 g/mol. The van der Waals surface area contributed by atoms with Crippen molar-refractivity contribution in [3.8, 4) is 0 Å². The molecule has 1 aliphatic carbocycles. The highest BCUT2D eigenvalue weighted by molar-refractivity contribution is 6.01. The summed E-state index contributed by atoms with van der Waals surface area (Å²) < 4.78 is 27.6. The lowest BCUT2D eigenvalue weighted by Gasteiger charge is -2.26. The van der Waals surface area contributed by atoms with Crippen LogP contribution in [0.2, 0.25) is 0 Å². The smallest absolute Gasteiger partial charge is 0.228 e. The molecule has 0 aromatic heterocycles. The molecule has 25 heavy (non-hydrogen) atoms. The molecule has 1 heterocycles. The van der Waals surface area contributed by atoms with Crippen LogP contribution in [-0.4, -0.2) is 17.9 Å². The molecule has 128 valence electrons. The van der Waals surface area contributed by atoms with Crippen LogP contribution in [0.1, 0.15) is 29.0 Å². The Morgan fingerprint density at radius 2 is 1.76 bits per heavy atom. The number of amides is 2. The van der Waals surface area contributed by atoms with Crippen molar-refractivity contribution in [2.24, 2.45) is 0 Å². The second-order valence-electron chi connectivity index (χ2n) is 6.54. The molecule has 0 saturated heterocycles. The van der Waals surface area contributed by atoms with Crippen molar-refractivity contribution in [1.29, 1.82) is 0 Å². The Bertz CT molecular complexity index is 857. The first-order valence-corrected chi connectivity index (χ1v) is 8.17. The lowest BCUT2D eigenvalue weighted by molar-refractivity contribution is -0.126. The molecule has 1 aliphatic heterocycles. The van der Waals surface area contributed by atoms with Crippen LogP contribution in [0.5, 0.6) is 0 Å². The fourth-order valence-electron chi connectivity index (χ4n) is 3.72. The normalized spacial score (nSPS) is 19.1. The highest BCUT2D eigenvalue weighted by Crippen LogP contribution is 2.35. The Kier molecular flexibility index (Phi) is 3.75. The van der Waals surface area contributed by atoms with Crippen LogP contribution >= 0.6 is 0 Å². The topological polar surface area (TPSA) is 58.2 Å². The Labute approximate surface area is 143 Å². The van der Waals surface area contributed by atoms with Gasteiger partial charge in [-0.05, 0) is 30.0 Å². The molecular weight excluding hydrogens is 326 g/mol. The van der Waals surface area contributed by atoms with Crippen molar-refractivity contribution in [1.82, 2.24) is 5.32 Å². The summed E-state index contributed by atoms with van der Waals surface area (Å²) in [6.45, 7) is 0. The summed E-state index contributed by atoms with van der Waals surface area (Å²) in [7, 11) is 0. The molecule has 2 N–H and O–H groups in total. The lowest BCUT2D eigenvalue weighted by atomic mass is 9.89. The maximum atomic E-state index is 14.2. The van der Waals surface area contributed by atoms with E-state index in [-0.39, 0.29) is 23.7 Å². The van der Waals surface area contributed by atoms with Gasteiger partial charge < -0.3 is 10.6 Å². The summed E-state index contributed by atoms with van der Waals surface area (Å²) in [6.07, 6.45) is 1.26. The van der Waals surface area contributed by atoms with Gasteiger partial charge in [0.15, 0.2) is 0 Å². The van der Waals surface area contributed by atoms with E-state index in [0.29, 0.717) is 12.8 Å². The van der Waals surface area contributed by atoms with Crippen LogP contribution in [0.4, 0.5) is 14.5 Å². The van der Waals surface area contributed by atoms with E-state index in [0.717, 1.165) is 12.1 Å². The molecule has 6 heteroatoms. The molecule has 2 aromatic rings. The minimum absolute atomic E-state index is 0.0311. The standard InChI is InChI=1S/C19H16F2N2O2/c20-12-7-15(21)18-14(9-17(24)23-16(18)8-12)19(25)22-13-5-10-3-1-2-4-11(10)6-13/h1-4,7-8,13-14H,5-6,9H2,(H,22,25)(H,23,24). The van der Waals surface area contributed by atoms with Crippen LogP contribution in [-0.2, 0) is 22.4 Å². The molecular formula is C19H16F2N2O2. The Morgan fingerprint density at radius 1 is 1.08 bits per heavy atom. The molecule has 2 aromatic carbocycles. The first-order chi connectivity index (χ1) is 12.0. The molecule has 2 aliphatic rings. The first kappa shape index (κ1) is 15.7. The van der Waals surface area contributed by atoms with Crippen molar-refractivity contribution >= 4 is 17.5 Å². The number of carbonyl (C=O) groups excluding carboxylic acids is 2. The highest BCUT2D eigenvalue weighted by atomic mass is 19.1. The van der Waals surface area contributed by atoms with Gasteiger partial charge in [0.2, 0.25) is 11.8 Å². The predicted octanol–water partition coefficient (Wildman–Crippen LogP) is 2.67. The van der Waals surface area contributed by atoms with Gasteiger partial charge in [-0.25, -0.2) is 8.78 Å². The summed E-state index contributed by atoms with van der Waals surface area (Å²) in [4.78, 5) is 24.5. The molecule has 0 saturated carbocycles. The predicted molar refractivity (Wildman–Crippen MR) is 88.1 cm³/mol. The van der Waals surface area contributed by atoms with E-state index in [1.807, 2.05) is 24.3 Å². The van der Waals surface area contributed by atoms with E-state index < -0.39 is 29.4 Å². The SMILES string of the molecule is O=C1CC(C(=O)NC2Cc3ccccc3C2)c2c(F)cc(F)cc2N1. The van der Waals surface area contributed by atoms with Crippen molar-refractivity contribution < 1.29 is 18.4 Å². The molecule has 4 nitrogen and oxygen atoms in total. The number of halogens is 2. The van der Waals surface area contributed by atoms with E-state index >= 15 is 0 Å². The zero-order valence-corrected chi connectivity index (χ0v) is 13.3. The molecule has 1 unspecified atom stereocenters. The third-order valence-corrected chi connectivity index (χ3v) is 4.82. The highest BCUT2D eigenvalue weighted by Gasteiger charge is 2.35. The third-order valence-electron chi connectivity index (χ3n) is 4.82. The average molecular weight is 342 g/mol. The largest absolute Gasteiger partial charge is 0.352 e. The average Bonchev–Trinajstić information content (AvgIpc) is 2.95. The molecule has 0 bridgehead atoms. The third kappa shape index (κ3) is 2.88. The fourth-order valence-corrected chi connectivity index (χ4v) is 3.72. The number of carbonyl (C=O) groups is 2. The Hall–Kier alpha value is -2.76. The van der Waals surface area contributed by atoms with E-state index in [2.05, 4.69) is 10.6 Å². The van der Waals surface area contributed by atoms with Crippen LogP contribution in [0.3, 0.4) is 0 Å². The minimum atomic E-state index is -0.951. The van der Waals surface area contributed by atoms with Gasteiger partial charge in [0, 0.05) is 24.1 Å². The van der Waals surface area contributed by atoms with E-state index in [9.17, 15) is 18.4 Å². The second kappa shape index (κ2) is 5.95. The fraction of sp³-hybridized carbons (Fsp3) is 0.263. The number of nitrogens with one attached hydrogen (secondary N) is 2. The molecule has 0 radical (unpaired) electrons. The van der Waals surface area contributed by atoms with Gasteiger partial charge in [0.05, 0.1) is 11.6 Å². The quantitative estimate of drug-likeness (QED) is 0.882. The zero-order valence-electron chi connectivity index (χ0n) is 13.3. The number of fused-ring (bicyclic) bond motifs is 2. The Morgan fingerprint density at radius 3 is 2.44 bits per heavy atom. The van der Waals surface area contributed by atoms with Crippen LogP contribution in [0, 0.1) is 11.6 Å². The summed E-state index contributed by atoms with van der Waals surface area (Å²) in [5.74, 6) is -3.38. The van der Waals surface area contributed by atoms with Crippen LogP contribution < -0.4 is 10.6 Å². The number of hydrogen-bond acceptors (Lipinski definition) is 2. The van der Waals surface area contributed by atoms with E-state index in [1.165, 1.54) is 11.1 Å². The summed E-state index contributed by atoms with van der Waals surface area (Å²) >= 11 is 0. The lowest BCUT2D eigenvalue weighted by Crippen LogP contribution is -2.41. The second-order valence-corrected chi connectivity index (χ2v) is 6.54. The molecule has 4 rings (SSSR count). The van der Waals surface area contributed by atoms with Gasteiger partial charge in [0.25, 0.3) is 0 Å². The number of rotatable bonds is 2. The molecule has 1 atom stereocenters. The van der Waals surface area contributed by atoms with Crippen molar-refractivity contribution in [2.45, 2.75) is 31.2 Å². The van der Waals surface area contributed by atoms with Gasteiger partial charge >= 0.3 is 0 Å². The summed E-state index contributed by atoms with van der Waals surface area (Å²) in [5, 5.41) is 5.35. The zero-order chi connectivity index (χ0) is 17.6. The first-order valence-electron chi connectivity index (χ1n) is 8.17. The number of hydrogen-bond donors (Lipinski definition) is 2.